The Bertz CT molecular complexity index is 393. The van der Waals surface area contributed by atoms with Crippen molar-refractivity contribution in [1.29, 1.82) is 0 Å². The van der Waals surface area contributed by atoms with Crippen LogP contribution in [0.4, 0.5) is 0 Å². The molecule has 1 fully saturated rings. The van der Waals surface area contributed by atoms with Crippen LogP contribution in [0.2, 0.25) is 0 Å². The number of benzene rings is 1. The van der Waals surface area contributed by atoms with Gasteiger partial charge in [0.25, 0.3) is 0 Å². The molecule has 106 valence electrons. The van der Waals surface area contributed by atoms with Gasteiger partial charge in [-0.1, -0.05) is 43.2 Å². The standard InChI is InChI=1S/C18H29N/c1-12(2)15-5-7-16(8-6-15)18(19)17-10-13(3)9-14(4)11-17/h9-12,15-16,18H,5-8,19H2,1-4H3. The lowest BCUT2D eigenvalue weighted by Crippen LogP contribution is -2.27. The Kier molecular flexibility index (Phi) is 4.67. The van der Waals surface area contributed by atoms with Gasteiger partial charge in [-0.3, -0.25) is 0 Å². The van der Waals surface area contributed by atoms with Gasteiger partial charge in [-0.25, -0.2) is 0 Å². The predicted octanol–water partition coefficient (Wildman–Crippen LogP) is 4.77. The van der Waals surface area contributed by atoms with Crippen molar-refractivity contribution in [2.45, 2.75) is 59.4 Å². The number of rotatable bonds is 3. The molecule has 2 N–H and O–H groups in total. The van der Waals surface area contributed by atoms with Crippen molar-refractivity contribution in [3.63, 3.8) is 0 Å². The number of hydrogen-bond acceptors (Lipinski definition) is 1. The van der Waals surface area contributed by atoms with Crippen LogP contribution in [0.1, 0.15) is 62.3 Å². The molecule has 1 atom stereocenters. The van der Waals surface area contributed by atoms with E-state index >= 15 is 0 Å². The number of nitrogens with two attached hydrogens (primary N) is 1. The van der Waals surface area contributed by atoms with E-state index in [-0.39, 0.29) is 6.04 Å². The maximum Gasteiger partial charge on any atom is 0.0323 e. The van der Waals surface area contributed by atoms with Crippen molar-refractivity contribution >= 4 is 0 Å². The largest absolute Gasteiger partial charge is 0.324 e. The smallest absolute Gasteiger partial charge is 0.0323 e. The van der Waals surface area contributed by atoms with Crippen LogP contribution in [0.25, 0.3) is 0 Å². The summed E-state index contributed by atoms with van der Waals surface area (Å²) in [6.07, 6.45) is 5.33. The molecule has 0 aliphatic heterocycles. The van der Waals surface area contributed by atoms with Gasteiger partial charge in [0, 0.05) is 6.04 Å². The van der Waals surface area contributed by atoms with Gasteiger partial charge in [-0.05, 0) is 62.8 Å². The van der Waals surface area contributed by atoms with Crippen molar-refractivity contribution in [3.05, 3.63) is 34.9 Å². The average molecular weight is 259 g/mol. The lowest BCUT2D eigenvalue weighted by atomic mass is 9.73. The van der Waals surface area contributed by atoms with Crippen LogP contribution in [-0.2, 0) is 0 Å². The summed E-state index contributed by atoms with van der Waals surface area (Å²) in [6.45, 7) is 9.04. The summed E-state index contributed by atoms with van der Waals surface area (Å²) >= 11 is 0. The molecule has 1 aromatic carbocycles. The van der Waals surface area contributed by atoms with Gasteiger partial charge in [-0.2, -0.15) is 0 Å². The average Bonchev–Trinajstić information content (AvgIpc) is 2.37. The van der Waals surface area contributed by atoms with Crippen molar-refractivity contribution in [2.75, 3.05) is 0 Å². The van der Waals surface area contributed by atoms with E-state index in [4.69, 9.17) is 5.73 Å². The van der Waals surface area contributed by atoms with Crippen LogP contribution in [0.3, 0.4) is 0 Å². The molecule has 0 aromatic heterocycles. The van der Waals surface area contributed by atoms with Gasteiger partial charge in [0.15, 0.2) is 0 Å². The number of hydrogen-bond donors (Lipinski definition) is 1. The molecule has 1 aromatic rings. The third-order valence-electron chi connectivity index (χ3n) is 4.90. The van der Waals surface area contributed by atoms with Crippen LogP contribution < -0.4 is 5.73 Å². The molecular weight excluding hydrogens is 230 g/mol. The fourth-order valence-corrected chi connectivity index (χ4v) is 3.65. The summed E-state index contributed by atoms with van der Waals surface area (Å²) in [7, 11) is 0. The Morgan fingerprint density at radius 3 is 1.84 bits per heavy atom. The third-order valence-corrected chi connectivity index (χ3v) is 4.90. The minimum Gasteiger partial charge on any atom is -0.324 e. The van der Waals surface area contributed by atoms with Gasteiger partial charge in [0.2, 0.25) is 0 Å². The van der Waals surface area contributed by atoms with Crippen LogP contribution in [0.5, 0.6) is 0 Å². The quantitative estimate of drug-likeness (QED) is 0.831. The van der Waals surface area contributed by atoms with E-state index in [0.29, 0.717) is 5.92 Å². The second-order valence-corrected chi connectivity index (χ2v) is 6.87. The first-order valence-corrected chi connectivity index (χ1v) is 7.81. The lowest BCUT2D eigenvalue weighted by Gasteiger charge is -2.34. The second-order valence-electron chi connectivity index (χ2n) is 6.87. The first-order chi connectivity index (χ1) is 8.97. The molecule has 0 saturated heterocycles. The highest BCUT2D eigenvalue weighted by molar-refractivity contribution is 5.30. The van der Waals surface area contributed by atoms with E-state index in [1.165, 1.54) is 42.4 Å². The first kappa shape index (κ1) is 14.6. The highest BCUT2D eigenvalue weighted by Crippen LogP contribution is 2.38. The van der Waals surface area contributed by atoms with E-state index in [9.17, 15) is 0 Å². The molecule has 1 heteroatoms. The van der Waals surface area contributed by atoms with Gasteiger partial charge in [-0.15, -0.1) is 0 Å². The zero-order valence-electron chi connectivity index (χ0n) is 12.9. The van der Waals surface area contributed by atoms with Gasteiger partial charge < -0.3 is 5.73 Å². The molecule has 0 bridgehead atoms. The van der Waals surface area contributed by atoms with Crippen molar-refractivity contribution in [1.82, 2.24) is 0 Å². The minimum absolute atomic E-state index is 0.228. The van der Waals surface area contributed by atoms with Crippen molar-refractivity contribution < 1.29 is 0 Å². The fraction of sp³-hybridized carbons (Fsp3) is 0.667. The Hall–Kier alpha value is -0.820. The summed E-state index contributed by atoms with van der Waals surface area (Å²) in [5.74, 6) is 2.43. The Labute approximate surface area is 118 Å². The zero-order valence-corrected chi connectivity index (χ0v) is 12.9. The molecule has 0 heterocycles. The molecule has 1 unspecified atom stereocenters. The van der Waals surface area contributed by atoms with Crippen LogP contribution in [-0.4, -0.2) is 0 Å². The molecule has 1 saturated carbocycles. The highest BCUT2D eigenvalue weighted by atomic mass is 14.7. The second kappa shape index (κ2) is 6.09. The molecule has 2 rings (SSSR count). The summed E-state index contributed by atoms with van der Waals surface area (Å²) in [4.78, 5) is 0. The van der Waals surface area contributed by atoms with E-state index in [0.717, 1.165) is 11.8 Å². The number of aryl methyl sites for hydroxylation is 2. The Morgan fingerprint density at radius 1 is 0.895 bits per heavy atom. The van der Waals surface area contributed by atoms with Crippen LogP contribution in [0.15, 0.2) is 18.2 Å². The fourth-order valence-electron chi connectivity index (χ4n) is 3.65. The molecule has 1 nitrogen and oxygen atoms in total. The van der Waals surface area contributed by atoms with E-state index in [2.05, 4.69) is 45.9 Å². The zero-order chi connectivity index (χ0) is 14.0. The summed E-state index contributed by atoms with van der Waals surface area (Å²) < 4.78 is 0. The van der Waals surface area contributed by atoms with Gasteiger partial charge in [0.05, 0.1) is 0 Å². The molecule has 0 radical (unpaired) electrons. The van der Waals surface area contributed by atoms with E-state index < -0.39 is 0 Å². The summed E-state index contributed by atoms with van der Waals surface area (Å²) in [6, 6.07) is 7.00. The molecular formula is C18H29N. The van der Waals surface area contributed by atoms with Crippen LogP contribution >= 0.6 is 0 Å². The summed E-state index contributed by atoms with van der Waals surface area (Å²) in [5, 5.41) is 0. The Morgan fingerprint density at radius 2 is 1.37 bits per heavy atom. The van der Waals surface area contributed by atoms with Gasteiger partial charge >= 0.3 is 0 Å². The SMILES string of the molecule is Cc1cc(C)cc(C(N)C2CCC(C(C)C)CC2)c1. The van der Waals surface area contributed by atoms with Crippen molar-refractivity contribution in [2.24, 2.45) is 23.5 Å². The molecule has 19 heavy (non-hydrogen) atoms. The maximum absolute atomic E-state index is 6.53. The third kappa shape index (κ3) is 3.60. The van der Waals surface area contributed by atoms with E-state index in [1.807, 2.05) is 0 Å². The van der Waals surface area contributed by atoms with Gasteiger partial charge in [0.1, 0.15) is 0 Å². The molecule has 1 aliphatic carbocycles. The molecule has 0 amide bonds. The minimum atomic E-state index is 0.228. The van der Waals surface area contributed by atoms with E-state index in [1.54, 1.807) is 0 Å². The summed E-state index contributed by atoms with van der Waals surface area (Å²) in [5.41, 5.74) is 10.5. The highest BCUT2D eigenvalue weighted by Gasteiger charge is 2.27. The topological polar surface area (TPSA) is 26.0 Å². The monoisotopic (exact) mass is 259 g/mol. The van der Waals surface area contributed by atoms with Crippen LogP contribution in [0, 0.1) is 31.6 Å². The first-order valence-electron chi connectivity index (χ1n) is 7.81. The van der Waals surface area contributed by atoms with Crippen molar-refractivity contribution in [3.8, 4) is 0 Å². The normalized spacial score (nSPS) is 25.6. The predicted molar refractivity (Wildman–Crippen MR) is 83.1 cm³/mol. The maximum atomic E-state index is 6.53. The molecule has 1 aliphatic rings. The Balaban J connectivity index is 2.02. The lowest BCUT2D eigenvalue weighted by molar-refractivity contribution is 0.203. The molecule has 0 spiro atoms.